The van der Waals surface area contributed by atoms with E-state index in [1.54, 1.807) is 5.51 Å². The first-order valence-corrected chi connectivity index (χ1v) is 6.18. The first kappa shape index (κ1) is 10.3. The third kappa shape index (κ3) is 1.30. The fourth-order valence-electron chi connectivity index (χ4n) is 1.98. The summed E-state index contributed by atoms with van der Waals surface area (Å²) in [7, 11) is 1.98. The third-order valence-electron chi connectivity index (χ3n) is 3.12. The van der Waals surface area contributed by atoms with E-state index in [0.717, 1.165) is 33.6 Å². The Morgan fingerprint density at radius 1 is 1.35 bits per heavy atom. The number of aromatic nitrogens is 4. The van der Waals surface area contributed by atoms with E-state index >= 15 is 0 Å². The highest BCUT2D eigenvalue weighted by atomic mass is 32.1. The summed E-state index contributed by atoms with van der Waals surface area (Å²) in [4.78, 5) is 8.84. The summed E-state index contributed by atoms with van der Waals surface area (Å²) in [6.07, 6.45) is 2.04. The molecular weight excluding hydrogens is 234 g/mol. The van der Waals surface area contributed by atoms with Crippen molar-refractivity contribution in [3.05, 3.63) is 23.1 Å². The molecule has 0 fully saturated rings. The van der Waals surface area contributed by atoms with Gasteiger partial charge in [0, 0.05) is 18.9 Å². The van der Waals surface area contributed by atoms with Crippen LogP contribution in [0.25, 0.3) is 17.2 Å². The van der Waals surface area contributed by atoms with Gasteiger partial charge in [-0.25, -0.2) is 9.97 Å². The lowest BCUT2D eigenvalue weighted by atomic mass is 10.3. The smallest absolute Gasteiger partial charge is 0.214 e. The minimum absolute atomic E-state index is 0.739. The number of imidazole rings is 2. The molecule has 0 bridgehead atoms. The quantitative estimate of drug-likeness (QED) is 0.715. The summed E-state index contributed by atoms with van der Waals surface area (Å²) in [5.74, 6) is 0.919. The summed E-state index contributed by atoms with van der Waals surface area (Å²) in [6.45, 7) is 4.07. The first-order chi connectivity index (χ1) is 8.09. The second kappa shape index (κ2) is 3.33. The molecule has 88 valence electrons. The standard InChI is InChI=1S/C11H13N5S/c1-6-7(2)16-4-8(15(3)11(16)14-6)9-10(12)17-5-13-9/h4-5H,12H2,1-3H3. The number of fused-ring (bicyclic) bond motifs is 1. The van der Waals surface area contributed by atoms with Gasteiger partial charge in [0.1, 0.15) is 10.7 Å². The van der Waals surface area contributed by atoms with Gasteiger partial charge < -0.3 is 10.3 Å². The maximum absolute atomic E-state index is 5.91. The van der Waals surface area contributed by atoms with Crippen molar-refractivity contribution in [1.29, 1.82) is 0 Å². The molecule has 3 heterocycles. The van der Waals surface area contributed by atoms with Gasteiger partial charge in [-0.2, -0.15) is 0 Å². The highest BCUT2D eigenvalue weighted by Gasteiger charge is 2.16. The first-order valence-electron chi connectivity index (χ1n) is 5.30. The van der Waals surface area contributed by atoms with Gasteiger partial charge in [0.25, 0.3) is 0 Å². The van der Waals surface area contributed by atoms with Gasteiger partial charge in [0.05, 0.1) is 16.9 Å². The number of nitrogens with zero attached hydrogens (tertiary/aromatic N) is 4. The maximum Gasteiger partial charge on any atom is 0.214 e. The van der Waals surface area contributed by atoms with E-state index in [0.29, 0.717) is 0 Å². The van der Waals surface area contributed by atoms with Gasteiger partial charge in [-0.1, -0.05) is 0 Å². The predicted octanol–water partition coefficient (Wildman–Crippen LogP) is 2.00. The van der Waals surface area contributed by atoms with Crippen LogP contribution < -0.4 is 5.73 Å². The van der Waals surface area contributed by atoms with Gasteiger partial charge >= 0.3 is 0 Å². The fourth-order valence-corrected chi connectivity index (χ4v) is 2.53. The molecule has 3 aromatic rings. The van der Waals surface area contributed by atoms with Crippen LogP contribution >= 0.6 is 11.3 Å². The number of rotatable bonds is 1. The molecule has 0 saturated carbocycles. The molecule has 0 aliphatic carbocycles. The van der Waals surface area contributed by atoms with Crippen molar-refractivity contribution in [3.8, 4) is 11.4 Å². The van der Waals surface area contributed by atoms with Crippen molar-refractivity contribution in [2.75, 3.05) is 5.73 Å². The van der Waals surface area contributed by atoms with E-state index in [4.69, 9.17) is 5.73 Å². The summed E-state index contributed by atoms with van der Waals surface area (Å²) in [5, 5.41) is 0.739. The van der Waals surface area contributed by atoms with Crippen LogP contribution in [0.5, 0.6) is 0 Å². The number of hydrogen-bond donors (Lipinski definition) is 1. The summed E-state index contributed by atoms with van der Waals surface area (Å²) < 4.78 is 4.09. The Morgan fingerprint density at radius 3 is 2.71 bits per heavy atom. The van der Waals surface area contributed by atoms with E-state index in [9.17, 15) is 0 Å². The predicted molar refractivity (Wildman–Crippen MR) is 69.2 cm³/mol. The molecule has 0 aliphatic heterocycles. The molecule has 2 N–H and O–H groups in total. The second-order valence-corrected chi connectivity index (χ2v) is 4.98. The molecule has 0 aromatic carbocycles. The maximum atomic E-state index is 5.91. The van der Waals surface area contributed by atoms with Crippen LogP contribution in [-0.2, 0) is 7.05 Å². The summed E-state index contributed by atoms with van der Waals surface area (Å²) >= 11 is 1.45. The molecule has 17 heavy (non-hydrogen) atoms. The third-order valence-corrected chi connectivity index (χ3v) is 3.78. The Labute approximate surface area is 103 Å². The normalized spacial score (nSPS) is 11.5. The van der Waals surface area contributed by atoms with Gasteiger partial charge in [0.2, 0.25) is 5.78 Å². The van der Waals surface area contributed by atoms with Crippen LogP contribution in [0.2, 0.25) is 0 Å². The van der Waals surface area contributed by atoms with Crippen molar-refractivity contribution in [1.82, 2.24) is 18.9 Å². The van der Waals surface area contributed by atoms with Crippen LogP contribution in [0, 0.1) is 13.8 Å². The monoisotopic (exact) mass is 247 g/mol. The SMILES string of the molecule is Cc1nc2n(C)c(-c3ncsc3N)cn2c1C. The zero-order valence-electron chi connectivity index (χ0n) is 9.93. The molecule has 0 radical (unpaired) electrons. The molecule has 3 rings (SSSR count). The van der Waals surface area contributed by atoms with Crippen molar-refractivity contribution in [3.63, 3.8) is 0 Å². The Morgan fingerprint density at radius 2 is 2.12 bits per heavy atom. The number of nitrogens with two attached hydrogens (primary N) is 1. The number of aryl methyl sites for hydroxylation is 3. The van der Waals surface area contributed by atoms with E-state index in [1.165, 1.54) is 11.3 Å². The van der Waals surface area contributed by atoms with Gasteiger partial charge in [-0.15, -0.1) is 11.3 Å². The minimum atomic E-state index is 0.739. The molecule has 0 unspecified atom stereocenters. The zero-order valence-corrected chi connectivity index (χ0v) is 10.7. The van der Waals surface area contributed by atoms with E-state index in [1.807, 2.05) is 24.7 Å². The van der Waals surface area contributed by atoms with Crippen LogP contribution in [0.1, 0.15) is 11.4 Å². The highest BCUT2D eigenvalue weighted by molar-refractivity contribution is 7.14. The van der Waals surface area contributed by atoms with Crippen molar-refractivity contribution >= 4 is 22.1 Å². The van der Waals surface area contributed by atoms with E-state index in [-0.39, 0.29) is 0 Å². The molecule has 0 spiro atoms. The zero-order chi connectivity index (χ0) is 12.2. The average Bonchev–Trinajstić information content (AvgIpc) is 2.91. The van der Waals surface area contributed by atoms with Gasteiger partial charge in [0.15, 0.2) is 0 Å². The van der Waals surface area contributed by atoms with Crippen molar-refractivity contribution in [2.24, 2.45) is 7.05 Å². The molecular formula is C11H13N5S. The lowest BCUT2D eigenvalue weighted by molar-refractivity contribution is 0.938. The number of anilines is 1. The van der Waals surface area contributed by atoms with Crippen molar-refractivity contribution in [2.45, 2.75) is 13.8 Å². The van der Waals surface area contributed by atoms with E-state index in [2.05, 4.69) is 21.3 Å². The largest absolute Gasteiger partial charge is 0.389 e. The van der Waals surface area contributed by atoms with Crippen LogP contribution in [0.3, 0.4) is 0 Å². The minimum Gasteiger partial charge on any atom is -0.389 e. The number of nitrogen functional groups attached to an aromatic ring is 1. The number of thiazole rings is 1. The van der Waals surface area contributed by atoms with Crippen LogP contribution in [0.15, 0.2) is 11.7 Å². The van der Waals surface area contributed by atoms with E-state index < -0.39 is 0 Å². The Balaban J connectivity index is 2.33. The van der Waals surface area contributed by atoms with Crippen molar-refractivity contribution < 1.29 is 0 Å². The topological polar surface area (TPSA) is 61.1 Å². The van der Waals surface area contributed by atoms with Crippen LogP contribution in [-0.4, -0.2) is 18.9 Å². The molecule has 0 amide bonds. The number of hydrogen-bond acceptors (Lipinski definition) is 4. The lowest BCUT2D eigenvalue weighted by Crippen LogP contribution is -1.95. The second-order valence-electron chi connectivity index (χ2n) is 4.09. The molecule has 6 heteroatoms. The highest BCUT2D eigenvalue weighted by Crippen LogP contribution is 2.29. The summed E-state index contributed by atoms with van der Waals surface area (Å²) in [5.41, 5.74) is 11.7. The Hall–Kier alpha value is -1.82. The van der Waals surface area contributed by atoms with Crippen LogP contribution in [0.4, 0.5) is 5.00 Å². The molecule has 5 nitrogen and oxygen atoms in total. The lowest BCUT2D eigenvalue weighted by Gasteiger charge is -1.99. The van der Waals surface area contributed by atoms with Gasteiger partial charge in [-0.3, -0.25) is 4.40 Å². The molecule has 3 aromatic heterocycles. The van der Waals surface area contributed by atoms with Gasteiger partial charge in [-0.05, 0) is 13.8 Å². The molecule has 0 saturated heterocycles. The molecule has 0 atom stereocenters. The molecule has 0 aliphatic rings. The Kier molecular flexibility index (Phi) is 2.03. The Bertz CT molecular complexity index is 703. The summed E-state index contributed by atoms with van der Waals surface area (Å²) in [6, 6.07) is 0. The average molecular weight is 247 g/mol. The fraction of sp³-hybridized carbons (Fsp3) is 0.273.